The van der Waals surface area contributed by atoms with Gasteiger partial charge in [0.25, 0.3) is 23.6 Å². The van der Waals surface area contributed by atoms with Crippen molar-refractivity contribution in [2.75, 3.05) is 23.4 Å². The number of aromatic nitrogens is 2. The van der Waals surface area contributed by atoms with Gasteiger partial charge in [0.1, 0.15) is 58.1 Å². The van der Waals surface area contributed by atoms with Crippen LogP contribution >= 0.6 is 0 Å². The molecule has 16 heteroatoms. The van der Waals surface area contributed by atoms with Crippen LogP contribution in [0.1, 0.15) is 84.5 Å². The van der Waals surface area contributed by atoms with E-state index in [1.54, 1.807) is 105 Å². The van der Waals surface area contributed by atoms with Crippen molar-refractivity contribution in [1.82, 2.24) is 19.8 Å². The lowest BCUT2D eigenvalue weighted by atomic mass is 9.80. The first-order valence-electron chi connectivity index (χ1n) is 28.5. The molecule has 0 fully saturated rings. The van der Waals surface area contributed by atoms with Gasteiger partial charge in [0.05, 0.1) is 22.3 Å². The molecule has 0 saturated carbocycles. The Morgan fingerprint density at radius 2 is 0.690 bits per heavy atom. The van der Waals surface area contributed by atoms with Crippen LogP contribution in [0, 0.1) is 27.7 Å². The van der Waals surface area contributed by atoms with Crippen LogP contribution in [0.15, 0.2) is 170 Å². The average molecular weight is 1150 g/mol. The molecule has 9 aromatic carbocycles. The molecule has 4 heterocycles. The van der Waals surface area contributed by atoms with Crippen LogP contribution in [0.5, 0.6) is 46.0 Å². The Morgan fingerprint density at radius 3 is 0.989 bits per heavy atom. The molecule has 13 rings (SSSR count). The summed E-state index contributed by atoms with van der Waals surface area (Å²) < 4.78 is 28.7. The first-order valence-corrected chi connectivity index (χ1v) is 28.5. The summed E-state index contributed by atoms with van der Waals surface area (Å²) in [4.78, 5) is 106. The molecular formula is C71H56N6O10. The standard InChI is InChI=1S/C71H56N6O10/c1-9-75(45-28-32-73-33-29-45)67(79)43(7)77-70(82)48-36-56(86-52-24-16-12-20-40(52)4)62-60-54(84-50-22-14-10-18-38(50)2)34-46-58-47(69(81)76(68(46)80)42(6)66(78)74(8)44-26-30-72-31-27-44)35-55(85-51-23-15-11-19-39(51)3)61(64(58)60)63-57(87-53-25-17-13-21-41(53)5)37-49(71(77)83)59(48)65(62)63/h10-37,42-43H,9H2,1-8H3. The number of pyridine rings is 2. The van der Waals surface area contributed by atoms with Crippen molar-refractivity contribution in [2.24, 2.45) is 0 Å². The minimum Gasteiger partial charge on any atom is -0.456 e. The lowest BCUT2D eigenvalue weighted by molar-refractivity contribution is -0.122. The van der Waals surface area contributed by atoms with Gasteiger partial charge in [-0.3, -0.25) is 48.5 Å². The summed E-state index contributed by atoms with van der Waals surface area (Å²) in [6, 6.07) is 39.9. The van der Waals surface area contributed by atoms with Gasteiger partial charge in [-0.2, -0.15) is 0 Å². The van der Waals surface area contributed by atoms with Crippen molar-refractivity contribution in [3.63, 3.8) is 0 Å². The van der Waals surface area contributed by atoms with Gasteiger partial charge in [0, 0.05) is 92.8 Å². The molecule has 11 aromatic rings. The first-order chi connectivity index (χ1) is 42.1. The van der Waals surface area contributed by atoms with Gasteiger partial charge >= 0.3 is 0 Å². The van der Waals surface area contributed by atoms with Gasteiger partial charge in [0.15, 0.2) is 0 Å². The molecule has 430 valence electrons. The van der Waals surface area contributed by atoms with E-state index < -0.39 is 47.5 Å². The van der Waals surface area contributed by atoms with Crippen LogP contribution in [0.25, 0.3) is 43.1 Å². The number of carbonyl (C=O) groups excluding carboxylic acids is 6. The number of hydrogen-bond donors (Lipinski definition) is 0. The summed E-state index contributed by atoms with van der Waals surface area (Å²) in [5, 5.41) is 2.35. The Kier molecular flexibility index (Phi) is 13.7. The first kappa shape index (κ1) is 55.2. The number of para-hydroxylation sites is 4. The fourth-order valence-electron chi connectivity index (χ4n) is 12.1. The quantitative estimate of drug-likeness (QED) is 0.0540. The van der Waals surface area contributed by atoms with Crippen molar-refractivity contribution in [2.45, 2.75) is 60.5 Å². The van der Waals surface area contributed by atoms with Gasteiger partial charge in [-0.25, -0.2) is 0 Å². The summed E-state index contributed by atoms with van der Waals surface area (Å²) in [5.74, 6) is -1.99. The predicted molar refractivity (Wildman–Crippen MR) is 332 cm³/mol. The molecule has 2 aliphatic rings. The highest BCUT2D eigenvalue weighted by Gasteiger charge is 2.46. The molecule has 2 aliphatic heterocycles. The minimum atomic E-state index is -1.34. The molecule has 87 heavy (non-hydrogen) atoms. The normalized spacial score (nSPS) is 13.6. The molecule has 0 bridgehead atoms. The number of imide groups is 2. The molecule has 2 aromatic heterocycles. The summed E-state index contributed by atoms with van der Waals surface area (Å²) in [7, 11) is 1.57. The van der Waals surface area contributed by atoms with E-state index in [1.165, 1.54) is 23.6 Å². The second kappa shape index (κ2) is 21.6. The topological polar surface area (TPSA) is 178 Å². The summed E-state index contributed by atoms with van der Waals surface area (Å²) in [5.41, 5.74) is 4.12. The van der Waals surface area contributed by atoms with Gasteiger partial charge in [0.2, 0.25) is 11.8 Å². The SMILES string of the molecule is CCN(C(=O)C(C)N1C(=O)c2cc(Oc3ccccc3C)c3c4c(Oc5ccccc5C)cc5c6c(cc(Oc7ccccc7C)c(c7c(Oc8ccccc8C)cc(c2c37)C1=O)c64)C(=O)N(C(C)C(=O)N(C)c1ccncc1)C5=O)c1ccncc1. The van der Waals surface area contributed by atoms with Gasteiger partial charge < -0.3 is 28.7 Å². The molecular weight excluding hydrogens is 1100 g/mol. The van der Waals surface area contributed by atoms with Crippen LogP contribution in [0.2, 0.25) is 0 Å². The average Bonchev–Trinajstić information content (AvgIpc) is 0.683. The van der Waals surface area contributed by atoms with Crippen LogP contribution in [-0.2, 0) is 9.59 Å². The highest BCUT2D eigenvalue weighted by atomic mass is 16.5. The summed E-state index contributed by atoms with van der Waals surface area (Å²) >= 11 is 0. The zero-order valence-electron chi connectivity index (χ0n) is 48.8. The molecule has 16 nitrogen and oxygen atoms in total. The Bertz CT molecular complexity index is 4500. The number of fused-ring (bicyclic) bond motifs is 2. The molecule has 2 atom stereocenters. The summed E-state index contributed by atoms with van der Waals surface area (Å²) in [6.07, 6.45) is 6.22. The van der Waals surface area contributed by atoms with Gasteiger partial charge in [-0.15, -0.1) is 0 Å². The number of aryl methyl sites for hydroxylation is 4. The van der Waals surface area contributed by atoms with E-state index in [4.69, 9.17) is 18.9 Å². The Balaban J connectivity index is 1.20. The van der Waals surface area contributed by atoms with Crippen LogP contribution in [0.4, 0.5) is 11.4 Å². The predicted octanol–water partition coefficient (Wildman–Crippen LogP) is 14.6. The van der Waals surface area contributed by atoms with E-state index in [2.05, 4.69) is 9.97 Å². The number of hydrogen-bond acceptors (Lipinski definition) is 12. The van der Waals surface area contributed by atoms with E-state index in [9.17, 15) is 9.59 Å². The molecule has 0 saturated heterocycles. The highest BCUT2D eigenvalue weighted by molar-refractivity contribution is 6.45. The third-order valence-corrected chi connectivity index (χ3v) is 16.6. The molecule has 0 spiro atoms. The van der Waals surface area contributed by atoms with E-state index in [0.717, 1.165) is 32.1 Å². The molecule has 2 unspecified atom stereocenters. The molecule has 0 aliphatic carbocycles. The highest BCUT2D eigenvalue weighted by Crippen LogP contribution is 2.58. The van der Waals surface area contributed by atoms with Crippen molar-refractivity contribution in [1.29, 1.82) is 0 Å². The number of carbonyl (C=O) groups is 6. The number of likely N-dealkylation sites (N-methyl/N-ethyl adjacent to an activating group) is 2. The lowest BCUT2D eigenvalue weighted by Crippen LogP contribution is -2.53. The number of ether oxygens (including phenoxy) is 4. The number of rotatable bonds is 15. The molecule has 0 N–H and O–H groups in total. The Hall–Kier alpha value is -11.0. The number of nitrogens with zero attached hydrogens (tertiary/aromatic N) is 6. The maximum Gasteiger partial charge on any atom is 0.262 e. The van der Waals surface area contributed by atoms with E-state index in [0.29, 0.717) is 66.7 Å². The van der Waals surface area contributed by atoms with Gasteiger partial charge in [-0.05, 0) is 144 Å². The van der Waals surface area contributed by atoms with Crippen molar-refractivity contribution in [3.05, 3.63) is 215 Å². The number of benzene rings is 9. The zero-order valence-corrected chi connectivity index (χ0v) is 48.8. The van der Waals surface area contributed by atoms with Crippen molar-refractivity contribution in [3.8, 4) is 46.0 Å². The number of amides is 6. The number of anilines is 2. The molecule has 6 amide bonds. The smallest absolute Gasteiger partial charge is 0.262 e. The largest absolute Gasteiger partial charge is 0.456 e. The maximum absolute atomic E-state index is 15.9. The second-order valence-electron chi connectivity index (χ2n) is 21.9. The Morgan fingerprint density at radius 1 is 0.402 bits per heavy atom. The molecule has 0 radical (unpaired) electrons. The van der Waals surface area contributed by atoms with Gasteiger partial charge in [-0.1, -0.05) is 72.8 Å². The fourth-order valence-corrected chi connectivity index (χ4v) is 12.1. The second-order valence-corrected chi connectivity index (χ2v) is 21.9. The fraction of sp³-hybridized carbons (Fsp3) is 0.155. The Labute approximate surface area is 500 Å². The third kappa shape index (κ3) is 8.98. The third-order valence-electron chi connectivity index (χ3n) is 16.6. The van der Waals surface area contributed by atoms with Crippen molar-refractivity contribution >= 4 is 89.9 Å². The lowest BCUT2D eigenvalue weighted by Gasteiger charge is -2.36. The van der Waals surface area contributed by atoms with E-state index in [-0.39, 0.29) is 62.6 Å². The van der Waals surface area contributed by atoms with Crippen LogP contribution in [0.3, 0.4) is 0 Å². The maximum atomic E-state index is 15.9. The summed E-state index contributed by atoms with van der Waals surface area (Å²) in [6.45, 7) is 12.6. The monoisotopic (exact) mass is 1150 g/mol. The van der Waals surface area contributed by atoms with E-state index in [1.807, 2.05) is 107 Å². The minimum absolute atomic E-state index is 0.0335. The van der Waals surface area contributed by atoms with E-state index >= 15 is 19.2 Å². The van der Waals surface area contributed by atoms with Crippen LogP contribution in [-0.4, -0.2) is 80.9 Å². The van der Waals surface area contributed by atoms with Crippen molar-refractivity contribution < 1.29 is 47.7 Å². The zero-order chi connectivity index (χ0) is 60.7. The van der Waals surface area contributed by atoms with Crippen LogP contribution < -0.4 is 28.7 Å².